The third kappa shape index (κ3) is 1.22. The molecule has 0 aliphatic rings. The molecular weight excluding hydrogens is 130 g/mol. The van der Waals surface area contributed by atoms with Crippen molar-refractivity contribution in [2.45, 2.75) is 13.3 Å². The average Bonchev–Trinajstić information content (AvgIpc) is 2.14. The molecule has 0 atom stereocenters. The van der Waals surface area contributed by atoms with Crippen molar-refractivity contribution >= 4 is 0 Å². The van der Waals surface area contributed by atoms with E-state index >= 15 is 0 Å². The van der Waals surface area contributed by atoms with E-state index in [0.717, 1.165) is 0 Å². The van der Waals surface area contributed by atoms with Gasteiger partial charge in [-0.1, -0.05) is 5.16 Å². The van der Waals surface area contributed by atoms with Crippen molar-refractivity contribution in [2.24, 2.45) is 0 Å². The van der Waals surface area contributed by atoms with Gasteiger partial charge in [0, 0.05) is 0 Å². The first-order chi connectivity index (χ1) is 4.20. The Balaban J connectivity index is 2.85. The standard InChI is InChI=1S/C4H4F2N2O/c1-2-7-4(3(5)6)9-8-2/h3H,1H3. The second-order valence-corrected chi connectivity index (χ2v) is 1.48. The van der Waals surface area contributed by atoms with E-state index in [1.807, 2.05) is 0 Å². The Kier molecular flexibility index (Phi) is 1.42. The van der Waals surface area contributed by atoms with Gasteiger partial charge in [-0.25, -0.2) is 0 Å². The highest BCUT2D eigenvalue weighted by Gasteiger charge is 2.13. The predicted molar refractivity (Wildman–Crippen MR) is 24.0 cm³/mol. The Labute approximate surface area is 49.7 Å². The molecule has 0 aliphatic carbocycles. The van der Waals surface area contributed by atoms with Gasteiger partial charge in [0.2, 0.25) is 0 Å². The summed E-state index contributed by atoms with van der Waals surface area (Å²) in [6.45, 7) is 1.48. The second kappa shape index (κ2) is 2.08. The van der Waals surface area contributed by atoms with E-state index < -0.39 is 12.3 Å². The number of aryl methyl sites for hydroxylation is 1. The van der Waals surface area contributed by atoms with Crippen LogP contribution >= 0.6 is 0 Å². The number of hydrogen-bond acceptors (Lipinski definition) is 3. The molecule has 1 rings (SSSR count). The predicted octanol–water partition coefficient (Wildman–Crippen LogP) is 1.32. The summed E-state index contributed by atoms with van der Waals surface area (Å²) in [5.41, 5.74) is 0. The zero-order chi connectivity index (χ0) is 6.85. The highest BCUT2D eigenvalue weighted by molar-refractivity contribution is 4.82. The maximum Gasteiger partial charge on any atom is 0.315 e. The van der Waals surface area contributed by atoms with Crippen LogP contribution in [0.3, 0.4) is 0 Å². The molecule has 1 heterocycles. The molecular formula is C4H4F2N2O. The summed E-state index contributed by atoms with van der Waals surface area (Å²) in [5.74, 6) is -0.391. The second-order valence-electron chi connectivity index (χ2n) is 1.48. The van der Waals surface area contributed by atoms with Gasteiger partial charge in [0.15, 0.2) is 5.82 Å². The molecule has 0 spiro atoms. The number of rotatable bonds is 1. The molecule has 0 saturated heterocycles. The van der Waals surface area contributed by atoms with Crippen molar-refractivity contribution in [1.82, 2.24) is 10.1 Å². The minimum atomic E-state index is -2.66. The van der Waals surface area contributed by atoms with Gasteiger partial charge in [0.1, 0.15) is 0 Å². The van der Waals surface area contributed by atoms with Gasteiger partial charge in [0.25, 0.3) is 5.89 Å². The third-order valence-corrected chi connectivity index (χ3v) is 0.730. The summed E-state index contributed by atoms with van der Waals surface area (Å²) in [5, 5.41) is 3.17. The molecule has 0 fully saturated rings. The van der Waals surface area contributed by atoms with Crippen LogP contribution in [-0.2, 0) is 0 Å². The fraction of sp³-hybridized carbons (Fsp3) is 0.500. The number of alkyl halides is 2. The van der Waals surface area contributed by atoms with Crippen molar-refractivity contribution in [3.63, 3.8) is 0 Å². The lowest BCUT2D eigenvalue weighted by Crippen LogP contribution is -1.81. The highest BCUT2D eigenvalue weighted by atomic mass is 19.3. The van der Waals surface area contributed by atoms with Gasteiger partial charge < -0.3 is 4.52 Å². The van der Waals surface area contributed by atoms with Gasteiger partial charge in [-0.2, -0.15) is 13.8 Å². The van der Waals surface area contributed by atoms with Crippen LogP contribution in [0.2, 0.25) is 0 Å². The van der Waals surface area contributed by atoms with Gasteiger partial charge in [-0.05, 0) is 6.92 Å². The maximum atomic E-state index is 11.6. The first-order valence-electron chi connectivity index (χ1n) is 2.28. The maximum absolute atomic E-state index is 11.6. The van der Waals surface area contributed by atoms with Crippen molar-refractivity contribution < 1.29 is 13.3 Å². The molecule has 5 heteroatoms. The minimum Gasteiger partial charge on any atom is -0.333 e. The summed E-state index contributed by atoms with van der Waals surface area (Å²) in [6, 6.07) is 0. The lowest BCUT2D eigenvalue weighted by molar-refractivity contribution is 0.106. The number of hydrogen-bond donors (Lipinski definition) is 0. The van der Waals surface area contributed by atoms with Crippen molar-refractivity contribution in [2.75, 3.05) is 0 Å². The number of aromatic nitrogens is 2. The molecule has 0 radical (unpaired) electrons. The van der Waals surface area contributed by atoms with Crippen molar-refractivity contribution in [3.05, 3.63) is 11.7 Å². The van der Waals surface area contributed by atoms with E-state index in [1.165, 1.54) is 6.92 Å². The summed E-state index contributed by atoms with van der Waals surface area (Å²) >= 11 is 0. The van der Waals surface area contributed by atoms with Gasteiger partial charge in [-0.3, -0.25) is 0 Å². The fourth-order valence-electron chi connectivity index (χ4n) is 0.402. The monoisotopic (exact) mass is 134 g/mol. The highest BCUT2D eigenvalue weighted by Crippen LogP contribution is 2.14. The van der Waals surface area contributed by atoms with Crippen LogP contribution in [0.5, 0.6) is 0 Å². The number of nitrogens with zero attached hydrogens (tertiary/aromatic N) is 2. The zero-order valence-electron chi connectivity index (χ0n) is 4.64. The van der Waals surface area contributed by atoms with E-state index in [9.17, 15) is 8.78 Å². The fourth-order valence-corrected chi connectivity index (χ4v) is 0.402. The summed E-state index contributed by atoms with van der Waals surface area (Å²) in [6.07, 6.45) is -2.66. The molecule has 1 aromatic rings. The molecule has 0 aromatic carbocycles. The molecule has 9 heavy (non-hydrogen) atoms. The quantitative estimate of drug-likeness (QED) is 0.581. The molecule has 0 bridgehead atoms. The average molecular weight is 134 g/mol. The molecule has 3 nitrogen and oxygen atoms in total. The first kappa shape index (κ1) is 6.12. The smallest absolute Gasteiger partial charge is 0.315 e. The van der Waals surface area contributed by atoms with Crippen molar-refractivity contribution in [1.29, 1.82) is 0 Å². The SMILES string of the molecule is Cc1noc(C(F)F)n1. The number of halogens is 2. The van der Waals surface area contributed by atoms with Crippen LogP contribution in [-0.4, -0.2) is 10.1 Å². The molecule has 50 valence electrons. The van der Waals surface area contributed by atoms with E-state index in [4.69, 9.17) is 0 Å². The summed E-state index contributed by atoms with van der Waals surface area (Å²) in [4.78, 5) is 3.28. The van der Waals surface area contributed by atoms with E-state index in [0.29, 0.717) is 0 Å². The Morgan fingerprint density at radius 3 is 2.44 bits per heavy atom. The van der Waals surface area contributed by atoms with Crippen LogP contribution < -0.4 is 0 Å². The zero-order valence-corrected chi connectivity index (χ0v) is 4.64. The molecule has 0 N–H and O–H groups in total. The van der Waals surface area contributed by atoms with Crippen molar-refractivity contribution in [3.8, 4) is 0 Å². The first-order valence-corrected chi connectivity index (χ1v) is 2.28. The van der Waals surface area contributed by atoms with Gasteiger partial charge in [-0.15, -0.1) is 0 Å². The Morgan fingerprint density at radius 1 is 1.56 bits per heavy atom. The Hall–Kier alpha value is -1.00. The van der Waals surface area contributed by atoms with Gasteiger partial charge >= 0.3 is 6.43 Å². The lowest BCUT2D eigenvalue weighted by Gasteiger charge is -1.83. The molecule has 0 saturated carbocycles. The van der Waals surface area contributed by atoms with Crippen LogP contribution in [0.15, 0.2) is 4.52 Å². The largest absolute Gasteiger partial charge is 0.333 e. The topological polar surface area (TPSA) is 38.9 Å². The Bertz CT molecular complexity index is 198. The minimum absolute atomic E-state index is 0.227. The van der Waals surface area contributed by atoms with E-state index in [2.05, 4.69) is 14.7 Å². The molecule has 0 unspecified atom stereocenters. The van der Waals surface area contributed by atoms with Crippen LogP contribution in [0.1, 0.15) is 18.1 Å². The van der Waals surface area contributed by atoms with Gasteiger partial charge in [0.05, 0.1) is 0 Å². The third-order valence-electron chi connectivity index (χ3n) is 0.730. The van der Waals surface area contributed by atoms with Crippen LogP contribution in [0.4, 0.5) is 8.78 Å². The lowest BCUT2D eigenvalue weighted by atomic mass is 10.7. The summed E-state index contributed by atoms with van der Waals surface area (Å²) in [7, 11) is 0. The molecule has 0 amide bonds. The van der Waals surface area contributed by atoms with Crippen LogP contribution in [0, 0.1) is 6.92 Å². The normalized spacial score (nSPS) is 10.7. The Morgan fingerprint density at radius 2 is 2.22 bits per heavy atom. The summed E-state index contributed by atoms with van der Waals surface area (Å²) < 4.78 is 27.3. The molecule has 0 aliphatic heterocycles. The van der Waals surface area contributed by atoms with E-state index in [-0.39, 0.29) is 5.82 Å². The van der Waals surface area contributed by atoms with E-state index in [1.54, 1.807) is 0 Å². The molecule has 1 aromatic heterocycles. The van der Waals surface area contributed by atoms with Crippen LogP contribution in [0.25, 0.3) is 0 Å².